The summed E-state index contributed by atoms with van der Waals surface area (Å²) in [6.45, 7) is 1.29. The molecule has 0 fully saturated rings. The van der Waals surface area contributed by atoms with Crippen LogP contribution < -0.4 is 9.46 Å². The lowest BCUT2D eigenvalue weighted by molar-refractivity contribution is -0.129. The molecule has 8 nitrogen and oxygen atoms in total. The predicted octanol–water partition coefficient (Wildman–Crippen LogP) is 4.31. The Morgan fingerprint density at radius 3 is 2.71 bits per heavy atom. The first-order valence-electron chi connectivity index (χ1n) is 11.0. The Morgan fingerprint density at radius 2 is 1.89 bits per heavy atom. The molecule has 0 spiro atoms. The van der Waals surface area contributed by atoms with E-state index < -0.39 is 10.0 Å². The molecular formula is C25H23N3O5S2. The summed E-state index contributed by atoms with van der Waals surface area (Å²) in [5.41, 5.74) is 3.65. The molecule has 2 heterocycles. The van der Waals surface area contributed by atoms with Gasteiger partial charge in [0.15, 0.2) is 5.58 Å². The highest BCUT2D eigenvalue weighted by Crippen LogP contribution is 2.29. The quantitative estimate of drug-likeness (QED) is 0.370. The second-order valence-corrected chi connectivity index (χ2v) is 10.6. The molecule has 0 unspecified atom stereocenters. The minimum Gasteiger partial charge on any atom is -0.495 e. The molecule has 0 bridgehead atoms. The van der Waals surface area contributed by atoms with Crippen molar-refractivity contribution in [2.24, 2.45) is 0 Å². The number of nitrogens with one attached hydrogen (secondary N) is 1. The van der Waals surface area contributed by atoms with Crippen molar-refractivity contribution in [2.45, 2.75) is 23.1 Å². The molecule has 0 saturated carbocycles. The molecule has 10 heteroatoms. The zero-order valence-electron chi connectivity index (χ0n) is 18.9. The Labute approximate surface area is 207 Å². The Bertz CT molecular complexity index is 1500. The number of benzene rings is 3. The number of rotatable bonds is 7. The second-order valence-electron chi connectivity index (χ2n) is 8.04. The van der Waals surface area contributed by atoms with E-state index in [2.05, 4.69) is 21.8 Å². The average Bonchev–Trinajstić information content (AvgIpc) is 3.29. The number of nitrogens with zero attached hydrogens (tertiary/aromatic N) is 2. The fraction of sp³-hybridized carbons (Fsp3) is 0.200. The maximum atomic E-state index is 12.9. The first-order chi connectivity index (χ1) is 16.9. The van der Waals surface area contributed by atoms with Crippen LogP contribution in [0.3, 0.4) is 0 Å². The van der Waals surface area contributed by atoms with Gasteiger partial charge >= 0.3 is 0 Å². The number of amides is 1. The van der Waals surface area contributed by atoms with Gasteiger partial charge in [0.05, 0.1) is 23.4 Å². The summed E-state index contributed by atoms with van der Waals surface area (Å²) in [5.74, 6) is 0.616. The van der Waals surface area contributed by atoms with Crippen molar-refractivity contribution in [3.05, 3.63) is 77.9 Å². The Balaban J connectivity index is 1.27. The van der Waals surface area contributed by atoms with Gasteiger partial charge in [-0.15, -0.1) is 0 Å². The van der Waals surface area contributed by atoms with Crippen LogP contribution in [-0.4, -0.2) is 43.6 Å². The molecule has 180 valence electrons. The van der Waals surface area contributed by atoms with Crippen LogP contribution >= 0.6 is 11.8 Å². The summed E-state index contributed by atoms with van der Waals surface area (Å²) >= 11 is 1.20. The summed E-state index contributed by atoms with van der Waals surface area (Å²) in [4.78, 5) is 19.0. The van der Waals surface area contributed by atoms with Gasteiger partial charge in [0.2, 0.25) is 5.91 Å². The van der Waals surface area contributed by atoms with Gasteiger partial charge in [-0.2, -0.15) is 0 Å². The van der Waals surface area contributed by atoms with Gasteiger partial charge in [-0.05, 0) is 47.9 Å². The highest BCUT2D eigenvalue weighted by Gasteiger charge is 2.22. The van der Waals surface area contributed by atoms with Crippen LogP contribution in [0, 0.1) is 0 Å². The van der Waals surface area contributed by atoms with Crippen molar-refractivity contribution >= 4 is 44.5 Å². The van der Waals surface area contributed by atoms with E-state index in [9.17, 15) is 13.2 Å². The first-order valence-corrected chi connectivity index (χ1v) is 13.4. The van der Waals surface area contributed by atoms with E-state index in [1.807, 2.05) is 17.0 Å². The number of ether oxygens (including phenoxy) is 1. The maximum Gasteiger partial charge on any atom is 0.262 e. The fourth-order valence-corrected chi connectivity index (χ4v) is 5.80. The van der Waals surface area contributed by atoms with Crippen LogP contribution in [0.2, 0.25) is 0 Å². The van der Waals surface area contributed by atoms with Gasteiger partial charge in [0, 0.05) is 13.1 Å². The van der Waals surface area contributed by atoms with Crippen LogP contribution in [0.1, 0.15) is 11.1 Å². The van der Waals surface area contributed by atoms with Crippen LogP contribution in [0.15, 0.2) is 81.3 Å². The van der Waals surface area contributed by atoms with E-state index in [4.69, 9.17) is 9.15 Å². The molecule has 1 aliphatic heterocycles. The molecule has 1 aliphatic rings. The van der Waals surface area contributed by atoms with E-state index >= 15 is 0 Å². The van der Waals surface area contributed by atoms with E-state index in [1.54, 1.807) is 30.3 Å². The molecular weight excluding hydrogens is 486 g/mol. The molecule has 0 atom stereocenters. The number of oxazole rings is 1. The lowest BCUT2D eigenvalue weighted by atomic mass is 10.00. The largest absolute Gasteiger partial charge is 0.495 e. The van der Waals surface area contributed by atoms with Crippen molar-refractivity contribution < 1.29 is 22.4 Å². The maximum absolute atomic E-state index is 12.9. The van der Waals surface area contributed by atoms with Crippen LogP contribution in [0.25, 0.3) is 11.1 Å². The zero-order valence-corrected chi connectivity index (χ0v) is 20.6. The third kappa shape index (κ3) is 4.98. The minimum atomic E-state index is -3.87. The number of aromatic nitrogens is 1. The van der Waals surface area contributed by atoms with Gasteiger partial charge in [0.1, 0.15) is 11.3 Å². The molecule has 4 aromatic rings. The van der Waals surface area contributed by atoms with Gasteiger partial charge in [0.25, 0.3) is 15.2 Å². The molecule has 5 rings (SSSR count). The topological polar surface area (TPSA) is 102 Å². The van der Waals surface area contributed by atoms with E-state index in [0.717, 1.165) is 6.42 Å². The number of methoxy groups -OCH3 is 1. The third-order valence-electron chi connectivity index (χ3n) is 5.80. The van der Waals surface area contributed by atoms with E-state index in [0.29, 0.717) is 40.8 Å². The van der Waals surface area contributed by atoms with E-state index in [1.165, 1.54) is 42.1 Å². The highest BCUT2D eigenvalue weighted by atomic mass is 32.2. The predicted molar refractivity (Wildman–Crippen MR) is 134 cm³/mol. The molecule has 0 saturated heterocycles. The van der Waals surface area contributed by atoms with Crippen LogP contribution in [-0.2, 0) is 27.8 Å². The second kappa shape index (κ2) is 9.63. The van der Waals surface area contributed by atoms with E-state index in [-0.39, 0.29) is 16.6 Å². The number of para-hydroxylation sites is 2. The lowest BCUT2D eigenvalue weighted by Crippen LogP contribution is -2.37. The SMILES string of the molecule is COc1ccccc1NS(=O)(=O)c1ccc2oc(SCC(=O)N3CCc4ccccc4C3)nc2c1. The van der Waals surface area contributed by atoms with Crippen molar-refractivity contribution in [3.8, 4) is 5.75 Å². The number of hydrogen-bond donors (Lipinski definition) is 1. The number of thioether (sulfide) groups is 1. The Morgan fingerprint density at radius 1 is 1.11 bits per heavy atom. The number of sulfonamides is 1. The number of carbonyl (C=O) groups is 1. The van der Waals surface area contributed by atoms with Gasteiger partial charge in [-0.25, -0.2) is 13.4 Å². The van der Waals surface area contributed by atoms with Crippen molar-refractivity contribution in [1.82, 2.24) is 9.88 Å². The van der Waals surface area contributed by atoms with Gasteiger partial charge in [-0.1, -0.05) is 48.2 Å². The zero-order chi connectivity index (χ0) is 24.4. The standard InChI is InChI=1S/C25H23N3O5S2/c1-32-22-9-5-4-8-20(22)27-35(30,31)19-10-11-23-21(14-19)26-25(33-23)34-16-24(29)28-13-12-17-6-2-3-7-18(17)15-28/h2-11,14,27H,12-13,15-16H2,1H3. The first kappa shape index (κ1) is 23.3. The molecule has 1 amide bonds. The normalized spacial score (nSPS) is 13.5. The summed E-state index contributed by atoms with van der Waals surface area (Å²) in [7, 11) is -2.40. The summed E-state index contributed by atoms with van der Waals surface area (Å²) < 4.78 is 39.3. The van der Waals surface area contributed by atoms with Crippen molar-refractivity contribution in [3.63, 3.8) is 0 Å². The van der Waals surface area contributed by atoms with Gasteiger partial charge in [-0.3, -0.25) is 9.52 Å². The molecule has 3 aromatic carbocycles. The fourth-order valence-electron chi connectivity index (χ4n) is 3.97. The van der Waals surface area contributed by atoms with Gasteiger partial charge < -0.3 is 14.1 Å². The number of anilines is 1. The third-order valence-corrected chi connectivity index (χ3v) is 7.98. The number of fused-ring (bicyclic) bond motifs is 2. The van der Waals surface area contributed by atoms with Crippen LogP contribution in [0.5, 0.6) is 5.75 Å². The molecule has 1 aromatic heterocycles. The molecule has 0 radical (unpaired) electrons. The molecule has 1 N–H and O–H groups in total. The van der Waals surface area contributed by atoms with Crippen molar-refractivity contribution in [1.29, 1.82) is 0 Å². The molecule has 0 aliphatic carbocycles. The Kier molecular flexibility index (Phi) is 6.40. The number of carbonyl (C=O) groups excluding carboxylic acids is 1. The highest BCUT2D eigenvalue weighted by molar-refractivity contribution is 7.99. The summed E-state index contributed by atoms with van der Waals surface area (Å²) in [6.07, 6.45) is 0.843. The lowest BCUT2D eigenvalue weighted by Gasteiger charge is -2.28. The molecule has 35 heavy (non-hydrogen) atoms. The Hall–Kier alpha value is -3.50. The monoisotopic (exact) mass is 509 g/mol. The van der Waals surface area contributed by atoms with Crippen molar-refractivity contribution in [2.75, 3.05) is 24.1 Å². The number of hydrogen-bond acceptors (Lipinski definition) is 7. The minimum absolute atomic E-state index is 0.0102. The summed E-state index contributed by atoms with van der Waals surface area (Å²) in [5, 5.41) is 0.318. The smallest absolute Gasteiger partial charge is 0.262 e. The summed E-state index contributed by atoms with van der Waals surface area (Å²) in [6, 6.07) is 19.4. The van der Waals surface area contributed by atoms with Crippen LogP contribution in [0.4, 0.5) is 5.69 Å². The average molecular weight is 510 g/mol.